The van der Waals surface area contributed by atoms with Crippen molar-refractivity contribution < 1.29 is 13.2 Å². The van der Waals surface area contributed by atoms with Crippen molar-refractivity contribution in [2.45, 2.75) is 24.8 Å². The first-order valence-electron chi connectivity index (χ1n) is 7.04. The number of benzene rings is 2. The molecule has 2 rings (SSSR count). The van der Waals surface area contributed by atoms with Crippen molar-refractivity contribution >= 4 is 44.8 Å². The highest BCUT2D eigenvalue weighted by Crippen LogP contribution is 2.29. The van der Waals surface area contributed by atoms with Gasteiger partial charge in [-0.15, -0.1) is 0 Å². The van der Waals surface area contributed by atoms with Gasteiger partial charge in [0.25, 0.3) is 0 Å². The zero-order chi connectivity index (χ0) is 17.9. The van der Waals surface area contributed by atoms with Crippen LogP contribution in [0.4, 0.5) is 5.69 Å². The summed E-state index contributed by atoms with van der Waals surface area (Å²) in [5, 5.41) is 3.07. The number of para-hydroxylation sites is 1. The van der Waals surface area contributed by atoms with E-state index < -0.39 is 22.0 Å². The van der Waals surface area contributed by atoms with E-state index in [1.165, 1.54) is 19.1 Å². The molecule has 128 valence electrons. The quantitative estimate of drug-likeness (QED) is 0.823. The van der Waals surface area contributed by atoms with Crippen molar-refractivity contribution in [3.8, 4) is 0 Å². The largest absolute Gasteiger partial charge is 0.322 e. The lowest BCUT2D eigenvalue weighted by molar-refractivity contribution is -0.117. The number of sulfonamides is 1. The highest BCUT2D eigenvalue weighted by molar-refractivity contribution is 7.89. The van der Waals surface area contributed by atoms with Gasteiger partial charge in [-0.1, -0.05) is 47.0 Å². The highest BCUT2D eigenvalue weighted by atomic mass is 35.5. The molecule has 2 N–H and O–H groups in total. The van der Waals surface area contributed by atoms with Crippen molar-refractivity contribution in [3.05, 3.63) is 58.1 Å². The first kappa shape index (κ1) is 18.7. The minimum atomic E-state index is -3.81. The Morgan fingerprint density at radius 3 is 2.12 bits per heavy atom. The minimum Gasteiger partial charge on any atom is -0.322 e. The average molecular weight is 387 g/mol. The van der Waals surface area contributed by atoms with E-state index in [4.69, 9.17) is 23.2 Å². The molecule has 0 fully saturated rings. The summed E-state index contributed by atoms with van der Waals surface area (Å²) in [6.07, 6.45) is 0. The Balaban J connectivity index is 2.12. The molecule has 5 nitrogen and oxygen atoms in total. The summed E-state index contributed by atoms with van der Waals surface area (Å²) in [5.41, 5.74) is 1.18. The predicted molar refractivity (Wildman–Crippen MR) is 96.1 cm³/mol. The van der Waals surface area contributed by atoms with Gasteiger partial charge in [0, 0.05) is 0 Å². The zero-order valence-electron chi connectivity index (χ0n) is 13.0. The number of halogens is 2. The maximum Gasteiger partial charge on any atom is 0.242 e. The summed E-state index contributed by atoms with van der Waals surface area (Å²) in [4.78, 5) is 12.3. The van der Waals surface area contributed by atoms with Gasteiger partial charge in [-0.25, -0.2) is 8.42 Å². The molecule has 1 unspecified atom stereocenters. The van der Waals surface area contributed by atoms with Crippen LogP contribution in [0, 0.1) is 6.92 Å². The molecule has 0 bridgehead atoms. The van der Waals surface area contributed by atoms with Crippen LogP contribution < -0.4 is 10.0 Å². The van der Waals surface area contributed by atoms with Crippen molar-refractivity contribution in [3.63, 3.8) is 0 Å². The van der Waals surface area contributed by atoms with Gasteiger partial charge in [-0.3, -0.25) is 4.79 Å². The molecule has 8 heteroatoms. The van der Waals surface area contributed by atoms with Gasteiger partial charge in [0.2, 0.25) is 15.9 Å². The van der Waals surface area contributed by atoms with Gasteiger partial charge >= 0.3 is 0 Å². The highest BCUT2D eigenvalue weighted by Gasteiger charge is 2.23. The molecular weight excluding hydrogens is 371 g/mol. The Bertz CT molecular complexity index is 832. The molecule has 0 aliphatic carbocycles. The molecule has 0 aromatic heterocycles. The number of amides is 1. The molecule has 2 aromatic rings. The topological polar surface area (TPSA) is 75.3 Å². The van der Waals surface area contributed by atoms with Crippen LogP contribution >= 0.6 is 23.2 Å². The lowest BCUT2D eigenvalue weighted by Crippen LogP contribution is -2.41. The van der Waals surface area contributed by atoms with Gasteiger partial charge in [0.05, 0.1) is 26.7 Å². The third-order valence-electron chi connectivity index (χ3n) is 3.27. The van der Waals surface area contributed by atoms with E-state index >= 15 is 0 Å². The smallest absolute Gasteiger partial charge is 0.242 e. The Hall–Kier alpha value is -1.60. The van der Waals surface area contributed by atoms with Gasteiger partial charge in [-0.2, -0.15) is 4.72 Å². The average Bonchev–Trinajstić information content (AvgIpc) is 2.51. The van der Waals surface area contributed by atoms with Crippen LogP contribution in [0.5, 0.6) is 0 Å². The van der Waals surface area contributed by atoms with Crippen molar-refractivity contribution in [1.29, 1.82) is 0 Å². The monoisotopic (exact) mass is 386 g/mol. The first-order valence-corrected chi connectivity index (χ1v) is 9.28. The maximum absolute atomic E-state index is 12.3. The molecule has 1 amide bonds. The van der Waals surface area contributed by atoms with E-state index in [1.807, 2.05) is 6.92 Å². The number of hydrogen-bond acceptors (Lipinski definition) is 3. The molecule has 1 atom stereocenters. The normalized spacial score (nSPS) is 12.7. The van der Waals surface area contributed by atoms with Crippen LogP contribution in [-0.4, -0.2) is 20.4 Å². The number of rotatable bonds is 5. The van der Waals surface area contributed by atoms with Crippen LogP contribution in [0.1, 0.15) is 12.5 Å². The predicted octanol–water partition coefficient (Wildman–Crippen LogP) is 3.61. The first-order chi connectivity index (χ1) is 11.2. The van der Waals surface area contributed by atoms with Gasteiger partial charge in [-0.05, 0) is 38.1 Å². The molecule has 0 aliphatic rings. The van der Waals surface area contributed by atoms with Crippen LogP contribution in [0.2, 0.25) is 10.0 Å². The fourth-order valence-electron chi connectivity index (χ4n) is 1.92. The molecule has 0 aliphatic heterocycles. The third-order valence-corrected chi connectivity index (χ3v) is 5.45. The van der Waals surface area contributed by atoms with E-state index in [2.05, 4.69) is 10.0 Å². The fraction of sp³-hybridized carbons (Fsp3) is 0.188. The summed E-state index contributed by atoms with van der Waals surface area (Å²) < 4.78 is 26.9. The van der Waals surface area contributed by atoms with Crippen molar-refractivity contribution in [2.24, 2.45) is 0 Å². The number of nitrogens with one attached hydrogen (secondary N) is 2. The minimum absolute atomic E-state index is 0.0866. The number of carbonyl (C=O) groups is 1. The molecule has 0 saturated carbocycles. The molecule has 0 heterocycles. The second-order valence-corrected chi connectivity index (χ2v) is 7.77. The molecule has 2 aromatic carbocycles. The molecule has 0 radical (unpaired) electrons. The Kier molecular flexibility index (Phi) is 5.87. The lowest BCUT2D eigenvalue weighted by Gasteiger charge is -2.16. The summed E-state index contributed by atoms with van der Waals surface area (Å²) in [5.74, 6) is -0.569. The standard InChI is InChI=1S/C16H16Cl2N2O3S/c1-10-6-8-12(9-7-10)24(22,23)20-11(2)16(21)19-15-13(17)4-3-5-14(15)18/h3-9,11,20H,1-2H3,(H,19,21). The van der Waals surface area contributed by atoms with E-state index in [0.717, 1.165) is 5.56 Å². The van der Waals surface area contributed by atoms with E-state index in [1.54, 1.807) is 30.3 Å². The fourth-order valence-corrected chi connectivity index (χ4v) is 3.62. The third kappa shape index (κ3) is 4.48. The summed E-state index contributed by atoms with van der Waals surface area (Å²) in [6, 6.07) is 10.1. The van der Waals surface area contributed by atoms with Crippen LogP contribution in [0.3, 0.4) is 0 Å². The van der Waals surface area contributed by atoms with Gasteiger partial charge in [0.1, 0.15) is 0 Å². The summed E-state index contributed by atoms with van der Waals surface area (Å²) in [6.45, 7) is 3.29. The second-order valence-electron chi connectivity index (χ2n) is 5.24. The Labute approximate surface area is 151 Å². The molecule has 24 heavy (non-hydrogen) atoms. The molecular formula is C16H16Cl2N2O3S. The number of hydrogen-bond donors (Lipinski definition) is 2. The lowest BCUT2D eigenvalue weighted by atomic mass is 10.2. The van der Waals surface area contributed by atoms with Crippen LogP contribution in [0.25, 0.3) is 0 Å². The van der Waals surface area contributed by atoms with Crippen molar-refractivity contribution in [1.82, 2.24) is 4.72 Å². The van der Waals surface area contributed by atoms with E-state index in [0.29, 0.717) is 0 Å². The number of carbonyl (C=O) groups excluding carboxylic acids is 1. The summed E-state index contributed by atoms with van der Waals surface area (Å²) >= 11 is 12.0. The SMILES string of the molecule is Cc1ccc(S(=O)(=O)NC(C)C(=O)Nc2c(Cl)cccc2Cl)cc1. The van der Waals surface area contributed by atoms with E-state index in [9.17, 15) is 13.2 Å². The van der Waals surface area contributed by atoms with Crippen LogP contribution in [0.15, 0.2) is 47.4 Å². The number of anilines is 1. The molecule has 0 spiro atoms. The second kappa shape index (κ2) is 7.53. The van der Waals surface area contributed by atoms with E-state index in [-0.39, 0.29) is 20.6 Å². The van der Waals surface area contributed by atoms with Crippen molar-refractivity contribution in [2.75, 3.05) is 5.32 Å². The van der Waals surface area contributed by atoms with Gasteiger partial charge < -0.3 is 5.32 Å². The maximum atomic E-state index is 12.3. The van der Waals surface area contributed by atoms with Gasteiger partial charge in [0.15, 0.2) is 0 Å². The molecule has 0 saturated heterocycles. The number of aryl methyl sites for hydroxylation is 1. The van der Waals surface area contributed by atoms with Crippen LogP contribution in [-0.2, 0) is 14.8 Å². The Morgan fingerprint density at radius 1 is 1.04 bits per heavy atom. The Morgan fingerprint density at radius 2 is 1.58 bits per heavy atom. The summed E-state index contributed by atoms with van der Waals surface area (Å²) in [7, 11) is -3.81. The zero-order valence-corrected chi connectivity index (χ0v) is 15.3.